The third-order valence-electron chi connectivity index (χ3n) is 4.89. The van der Waals surface area contributed by atoms with Crippen molar-refractivity contribution in [2.24, 2.45) is 5.92 Å². The molecule has 2 saturated heterocycles. The summed E-state index contributed by atoms with van der Waals surface area (Å²) < 4.78 is 5.53. The number of piperazine rings is 1. The highest BCUT2D eigenvalue weighted by Crippen LogP contribution is 2.26. The van der Waals surface area contributed by atoms with Crippen LogP contribution in [-0.4, -0.2) is 54.6 Å². The summed E-state index contributed by atoms with van der Waals surface area (Å²) >= 11 is 1.75. The fourth-order valence-electron chi connectivity index (χ4n) is 3.34. The van der Waals surface area contributed by atoms with Crippen LogP contribution in [-0.2, 0) is 9.53 Å². The minimum absolute atomic E-state index is 0.0749. The quantitative estimate of drug-likeness (QED) is 0.859. The minimum Gasteiger partial charge on any atom is -0.378 e. The molecule has 3 rings (SSSR count). The molecular formula is C16H24N2O2S. The lowest BCUT2D eigenvalue weighted by atomic mass is 10.0. The zero-order valence-corrected chi connectivity index (χ0v) is 13.6. The molecular weight excluding hydrogens is 284 g/mol. The summed E-state index contributed by atoms with van der Waals surface area (Å²) in [5, 5.41) is 4.35. The SMILES string of the molecule is C[C@@H]1OCC[C@@H]1C(=O)N1CCN([C@H](C)c2ccsc2)CC1. The molecule has 1 amide bonds. The van der Waals surface area contributed by atoms with Crippen LogP contribution >= 0.6 is 11.3 Å². The van der Waals surface area contributed by atoms with Crippen LogP contribution in [0, 0.1) is 5.92 Å². The van der Waals surface area contributed by atoms with Crippen molar-refractivity contribution in [2.75, 3.05) is 32.8 Å². The molecule has 0 bridgehead atoms. The first kappa shape index (κ1) is 15.0. The molecule has 0 saturated carbocycles. The number of carbonyl (C=O) groups is 1. The standard InChI is InChI=1S/C16H24N2O2S/c1-12(14-4-10-21-11-14)17-5-7-18(8-6-17)16(19)15-3-9-20-13(15)2/h4,10-13,15H,3,5-9H2,1-2H3/t12-,13+,15+/m1/s1. The second kappa shape index (κ2) is 6.46. The lowest BCUT2D eigenvalue weighted by molar-refractivity contribution is -0.139. The Morgan fingerprint density at radius 2 is 2.14 bits per heavy atom. The number of amides is 1. The third-order valence-corrected chi connectivity index (χ3v) is 5.59. The molecule has 5 heteroatoms. The lowest BCUT2D eigenvalue weighted by Crippen LogP contribution is -2.51. The van der Waals surface area contributed by atoms with Crippen molar-refractivity contribution in [1.29, 1.82) is 0 Å². The predicted octanol–water partition coefficient (Wildman–Crippen LogP) is 2.38. The fourth-order valence-corrected chi connectivity index (χ4v) is 4.09. The molecule has 0 radical (unpaired) electrons. The average molecular weight is 308 g/mol. The van der Waals surface area contributed by atoms with Gasteiger partial charge in [0.05, 0.1) is 12.0 Å². The van der Waals surface area contributed by atoms with Gasteiger partial charge in [-0.15, -0.1) is 0 Å². The Labute approximate surface area is 130 Å². The molecule has 4 nitrogen and oxygen atoms in total. The summed E-state index contributed by atoms with van der Waals surface area (Å²) in [6, 6.07) is 2.65. The molecule has 0 aliphatic carbocycles. The highest BCUT2D eigenvalue weighted by molar-refractivity contribution is 7.07. The maximum absolute atomic E-state index is 12.5. The van der Waals surface area contributed by atoms with Gasteiger partial charge >= 0.3 is 0 Å². The number of thiophene rings is 1. The highest BCUT2D eigenvalue weighted by atomic mass is 32.1. The molecule has 2 aliphatic heterocycles. The van der Waals surface area contributed by atoms with Gasteiger partial charge in [0.15, 0.2) is 0 Å². The molecule has 3 heterocycles. The van der Waals surface area contributed by atoms with Crippen molar-refractivity contribution in [3.63, 3.8) is 0 Å². The predicted molar refractivity (Wildman–Crippen MR) is 84.4 cm³/mol. The van der Waals surface area contributed by atoms with Gasteiger partial charge in [-0.25, -0.2) is 0 Å². The summed E-state index contributed by atoms with van der Waals surface area (Å²) in [7, 11) is 0. The summed E-state index contributed by atoms with van der Waals surface area (Å²) in [5.41, 5.74) is 1.39. The Hall–Kier alpha value is -0.910. The molecule has 2 fully saturated rings. The van der Waals surface area contributed by atoms with E-state index in [2.05, 4.69) is 28.7 Å². The van der Waals surface area contributed by atoms with Gasteiger partial charge in [-0.2, -0.15) is 11.3 Å². The number of hydrogen-bond acceptors (Lipinski definition) is 4. The normalized spacial score (nSPS) is 28.8. The van der Waals surface area contributed by atoms with Gasteiger partial charge in [-0.3, -0.25) is 9.69 Å². The number of hydrogen-bond donors (Lipinski definition) is 0. The van der Waals surface area contributed by atoms with Gasteiger partial charge in [-0.05, 0) is 42.7 Å². The van der Waals surface area contributed by atoms with Crippen LogP contribution in [0.3, 0.4) is 0 Å². The van der Waals surface area contributed by atoms with Crippen LogP contribution < -0.4 is 0 Å². The number of nitrogens with zero attached hydrogens (tertiary/aromatic N) is 2. The Bertz CT molecular complexity index is 469. The fraction of sp³-hybridized carbons (Fsp3) is 0.688. The van der Waals surface area contributed by atoms with Gasteiger partial charge in [0.1, 0.15) is 0 Å². The zero-order chi connectivity index (χ0) is 14.8. The van der Waals surface area contributed by atoms with Gasteiger partial charge in [0, 0.05) is 38.8 Å². The maximum Gasteiger partial charge on any atom is 0.228 e. The summed E-state index contributed by atoms with van der Waals surface area (Å²) in [6.45, 7) is 8.62. The van der Waals surface area contributed by atoms with E-state index in [1.54, 1.807) is 11.3 Å². The van der Waals surface area contributed by atoms with Gasteiger partial charge in [0.2, 0.25) is 5.91 Å². The van der Waals surface area contributed by atoms with Crippen molar-refractivity contribution >= 4 is 17.2 Å². The Kier molecular flexibility index (Phi) is 4.62. The molecule has 116 valence electrons. The van der Waals surface area contributed by atoms with Crippen LogP contribution in [0.15, 0.2) is 16.8 Å². The Morgan fingerprint density at radius 3 is 2.71 bits per heavy atom. The first-order valence-electron chi connectivity index (χ1n) is 7.83. The second-order valence-electron chi connectivity index (χ2n) is 6.06. The van der Waals surface area contributed by atoms with Crippen LogP contribution in [0.2, 0.25) is 0 Å². The Morgan fingerprint density at radius 1 is 1.38 bits per heavy atom. The van der Waals surface area contributed by atoms with Crippen molar-refractivity contribution < 1.29 is 9.53 Å². The van der Waals surface area contributed by atoms with Gasteiger partial charge in [0.25, 0.3) is 0 Å². The molecule has 1 aromatic rings. The summed E-state index contributed by atoms with van der Waals surface area (Å²) in [4.78, 5) is 17.1. The molecule has 2 aliphatic rings. The topological polar surface area (TPSA) is 32.8 Å². The van der Waals surface area contributed by atoms with Crippen LogP contribution in [0.1, 0.15) is 31.9 Å². The van der Waals surface area contributed by atoms with E-state index in [0.29, 0.717) is 11.9 Å². The number of carbonyl (C=O) groups excluding carboxylic acids is 1. The van der Waals surface area contributed by atoms with Crippen LogP contribution in [0.25, 0.3) is 0 Å². The Balaban J connectivity index is 1.54. The van der Waals surface area contributed by atoms with Crippen LogP contribution in [0.4, 0.5) is 0 Å². The number of ether oxygens (including phenoxy) is 1. The van der Waals surface area contributed by atoms with Gasteiger partial charge in [-0.1, -0.05) is 0 Å². The van der Waals surface area contributed by atoms with Crippen LogP contribution in [0.5, 0.6) is 0 Å². The van der Waals surface area contributed by atoms with E-state index in [1.807, 2.05) is 11.8 Å². The van der Waals surface area contributed by atoms with E-state index < -0.39 is 0 Å². The van der Waals surface area contributed by atoms with Crippen molar-refractivity contribution in [2.45, 2.75) is 32.4 Å². The van der Waals surface area contributed by atoms with E-state index in [-0.39, 0.29) is 12.0 Å². The summed E-state index contributed by atoms with van der Waals surface area (Å²) in [5.74, 6) is 0.369. The highest BCUT2D eigenvalue weighted by Gasteiger charge is 2.35. The molecule has 1 aromatic heterocycles. The second-order valence-corrected chi connectivity index (χ2v) is 6.85. The van der Waals surface area contributed by atoms with E-state index in [9.17, 15) is 4.79 Å². The molecule has 21 heavy (non-hydrogen) atoms. The maximum atomic E-state index is 12.5. The number of rotatable bonds is 3. The first-order chi connectivity index (χ1) is 10.2. The largest absolute Gasteiger partial charge is 0.378 e. The van der Waals surface area contributed by atoms with Crippen molar-refractivity contribution in [3.8, 4) is 0 Å². The lowest BCUT2D eigenvalue weighted by Gasteiger charge is -2.39. The molecule has 0 aromatic carbocycles. The van der Waals surface area contributed by atoms with Gasteiger partial charge < -0.3 is 9.64 Å². The molecule has 0 N–H and O–H groups in total. The van der Waals surface area contributed by atoms with E-state index in [0.717, 1.165) is 39.2 Å². The van der Waals surface area contributed by atoms with E-state index in [4.69, 9.17) is 4.74 Å². The van der Waals surface area contributed by atoms with Crippen molar-refractivity contribution in [3.05, 3.63) is 22.4 Å². The zero-order valence-electron chi connectivity index (χ0n) is 12.8. The van der Waals surface area contributed by atoms with E-state index >= 15 is 0 Å². The average Bonchev–Trinajstić information content (AvgIpc) is 3.17. The van der Waals surface area contributed by atoms with E-state index in [1.165, 1.54) is 5.56 Å². The smallest absolute Gasteiger partial charge is 0.228 e. The molecule has 0 unspecified atom stereocenters. The monoisotopic (exact) mass is 308 g/mol. The third kappa shape index (κ3) is 3.15. The molecule has 0 spiro atoms. The summed E-state index contributed by atoms with van der Waals surface area (Å²) in [6.07, 6.45) is 0.964. The molecule has 3 atom stereocenters. The first-order valence-corrected chi connectivity index (χ1v) is 8.77. The van der Waals surface area contributed by atoms with Crippen molar-refractivity contribution in [1.82, 2.24) is 9.80 Å². The minimum atomic E-state index is 0.0749.